The number of likely N-dealkylation sites (N-methyl/N-ethyl adjacent to an activating group) is 2. The molecular formula is C20H16BrN3O5S. The van der Waals surface area contributed by atoms with E-state index in [4.69, 9.17) is 17.0 Å². The van der Waals surface area contributed by atoms with Crippen molar-refractivity contribution in [3.63, 3.8) is 0 Å². The molecule has 0 spiro atoms. The average Bonchev–Trinajstić information content (AvgIpc) is 2.73. The summed E-state index contributed by atoms with van der Waals surface area (Å²) in [4.78, 5) is 38.1. The number of nitro benzene ring substituents is 1. The van der Waals surface area contributed by atoms with Gasteiger partial charge in [-0.05, 0) is 42.1 Å². The third kappa shape index (κ3) is 4.39. The minimum absolute atomic E-state index is 0.0327. The molecule has 2 aromatic rings. The van der Waals surface area contributed by atoms with E-state index in [1.165, 1.54) is 42.1 Å². The van der Waals surface area contributed by atoms with Crippen molar-refractivity contribution in [1.29, 1.82) is 0 Å². The standard InChI is InChI=1S/C20H16BrN3O5S/c1-22-18(25)16(19(26)23(2)20(22)30)10-13-9-14(21)6-7-17(13)29-11-12-4-3-5-15(8-12)24(27)28/h3-10H,11H2,1-2H3. The van der Waals surface area contributed by atoms with Gasteiger partial charge in [0.2, 0.25) is 0 Å². The molecule has 30 heavy (non-hydrogen) atoms. The topological polar surface area (TPSA) is 93.0 Å². The van der Waals surface area contributed by atoms with Gasteiger partial charge in [0.1, 0.15) is 17.9 Å². The van der Waals surface area contributed by atoms with E-state index in [-0.39, 0.29) is 23.0 Å². The largest absolute Gasteiger partial charge is 0.488 e. The monoisotopic (exact) mass is 489 g/mol. The Morgan fingerprint density at radius 2 is 1.80 bits per heavy atom. The minimum Gasteiger partial charge on any atom is -0.488 e. The number of hydrogen-bond donors (Lipinski definition) is 0. The molecule has 0 bridgehead atoms. The lowest BCUT2D eigenvalue weighted by Crippen LogP contribution is -2.52. The molecule has 0 atom stereocenters. The van der Waals surface area contributed by atoms with Gasteiger partial charge < -0.3 is 4.74 Å². The molecular weight excluding hydrogens is 474 g/mol. The zero-order valence-corrected chi connectivity index (χ0v) is 18.4. The fourth-order valence-corrected chi connectivity index (χ4v) is 3.36. The van der Waals surface area contributed by atoms with Crippen LogP contribution in [0.5, 0.6) is 5.75 Å². The highest BCUT2D eigenvalue weighted by atomic mass is 79.9. The lowest BCUT2D eigenvalue weighted by atomic mass is 10.1. The molecule has 3 rings (SSSR count). The minimum atomic E-state index is -0.507. The van der Waals surface area contributed by atoms with E-state index in [1.807, 2.05) is 0 Å². The van der Waals surface area contributed by atoms with E-state index < -0.39 is 16.7 Å². The fraction of sp³-hybridized carbons (Fsp3) is 0.150. The van der Waals surface area contributed by atoms with Gasteiger partial charge in [-0.1, -0.05) is 28.1 Å². The van der Waals surface area contributed by atoms with Gasteiger partial charge in [-0.2, -0.15) is 0 Å². The summed E-state index contributed by atoms with van der Waals surface area (Å²) in [6, 6.07) is 11.3. The molecule has 2 amide bonds. The second kappa shape index (κ2) is 8.72. The van der Waals surface area contributed by atoms with Crippen molar-refractivity contribution in [2.24, 2.45) is 0 Å². The number of benzene rings is 2. The first kappa shape index (κ1) is 21.6. The maximum absolute atomic E-state index is 12.6. The normalized spacial score (nSPS) is 14.2. The molecule has 2 aromatic carbocycles. The quantitative estimate of drug-likeness (QED) is 0.209. The fourth-order valence-electron chi connectivity index (χ4n) is 2.82. The van der Waals surface area contributed by atoms with Gasteiger partial charge in [-0.3, -0.25) is 29.5 Å². The van der Waals surface area contributed by atoms with Gasteiger partial charge in [0.15, 0.2) is 5.11 Å². The van der Waals surface area contributed by atoms with Gasteiger partial charge in [-0.25, -0.2) is 0 Å². The molecule has 1 aliphatic heterocycles. The molecule has 0 aliphatic carbocycles. The van der Waals surface area contributed by atoms with Gasteiger partial charge >= 0.3 is 0 Å². The summed E-state index contributed by atoms with van der Waals surface area (Å²) in [5, 5.41) is 11.1. The number of amides is 2. The van der Waals surface area contributed by atoms with Gasteiger partial charge in [-0.15, -0.1) is 0 Å². The number of hydrogen-bond acceptors (Lipinski definition) is 6. The molecule has 8 nitrogen and oxygen atoms in total. The Hall–Kier alpha value is -3.11. The number of carbonyl (C=O) groups excluding carboxylic acids is 2. The van der Waals surface area contributed by atoms with Crippen LogP contribution in [0.1, 0.15) is 11.1 Å². The van der Waals surface area contributed by atoms with Gasteiger partial charge in [0, 0.05) is 36.3 Å². The zero-order valence-electron chi connectivity index (χ0n) is 16.0. The first-order valence-electron chi connectivity index (χ1n) is 8.66. The van der Waals surface area contributed by atoms with E-state index >= 15 is 0 Å². The first-order chi connectivity index (χ1) is 14.2. The third-order valence-corrected chi connectivity index (χ3v) is 5.47. The maximum Gasteiger partial charge on any atom is 0.269 e. The van der Waals surface area contributed by atoms with E-state index in [0.29, 0.717) is 16.9 Å². The molecule has 0 unspecified atom stereocenters. The SMILES string of the molecule is CN1C(=O)C(=Cc2cc(Br)ccc2OCc2cccc([N+](=O)[O-])c2)C(=O)N(C)C1=S. The van der Waals surface area contributed by atoms with Crippen LogP contribution in [0, 0.1) is 10.1 Å². The number of thiocarbonyl (C=S) groups is 1. The first-order valence-corrected chi connectivity index (χ1v) is 9.86. The van der Waals surface area contributed by atoms with Crippen LogP contribution in [0.2, 0.25) is 0 Å². The van der Waals surface area contributed by atoms with Crippen LogP contribution < -0.4 is 4.74 Å². The van der Waals surface area contributed by atoms with Crippen LogP contribution in [-0.4, -0.2) is 45.7 Å². The Morgan fingerprint density at radius 1 is 1.13 bits per heavy atom. The molecule has 0 radical (unpaired) electrons. The van der Waals surface area contributed by atoms with E-state index in [0.717, 1.165) is 4.47 Å². The summed E-state index contributed by atoms with van der Waals surface area (Å²) in [6.07, 6.45) is 1.45. The Labute approximate surface area is 186 Å². The summed E-state index contributed by atoms with van der Waals surface area (Å²) in [7, 11) is 3.00. The predicted molar refractivity (Wildman–Crippen MR) is 118 cm³/mol. The van der Waals surface area contributed by atoms with E-state index in [2.05, 4.69) is 15.9 Å². The smallest absolute Gasteiger partial charge is 0.269 e. The molecule has 0 aromatic heterocycles. The number of nitrogens with zero attached hydrogens (tertiary/aromatic N) is 3. The predicted octanol–water partition coefficient (Wildman–Crippen LogP) is 3.54. The average molecular weight is 490 g/mol. The highest BCUT2D eigenvalue weighted by Gasteiger charge is 2.35. The molecule has 0 saturated carbocycles. The summed E-state index contributed by atoms with van der Waals surface area (Å²) in [5.74, 6) is -0.600. The van der Waals surface area contributed by atoms with Crippen LogP contribution in [0.4, 0.5) is 5.69 Å². The van der Waals surface area contributed by atoms with Crippen molar-refractivity contribution in [3.05, 3.63) is 73.8 Å². The van der Waals surface area contributed by atoms with Crippen molar-refractivity contribution >= 4 is 56.8 Å². The zero-order chi connectivity index (χ0) is 22.0. The third-order valence-electron chi connectivity index (χ3n) is 4.43. The van der Waals surface area contributed by atoms with Crippen LogP contribution in [0.15, 0.2) is 52.5 Å². The molecule has 1 aliphatic rings. The number of rotatable bonds is 5. The Balaban J connectivity index is 1.92. The van der Waals surface area contributed by atoms with Crippen LogP contribution in [-0.2, 0) is 16.2 Å². The summed E-state index contributed by atoms with van der Waals surface area (Å²) >= 11 is 8.47. The van der Waals surface area contributed by atoms with Crippen LogP contribution in [0.25, 0.3) is 6.08 Å². The summed E-state index contributed by atoms with van der Waals surface area (Å²) < 4.78 is 6.56. The van der Waals surface area contributed by atoms with Crippen molar-refractivity contribution in [3.8, 4) is 5.75 Å². The summed E-state index contributed by atoms with van der Waals surface area (Å²) in [5.41, 5.74) is 1.03. The highest BCUT2D eigenvalue weighted by Crippen LogP contribution is 2.28. The molecule has 0 N–H and O–H groups in total. The second-order valence-corrected chi connectivity index (χ2v) is 7.75. The van der Waals surface area contributed by atoms with Gasteiger partial charge in [0.25, 0.3) is 17.5 Å². The van der Waals surface area contributed by atoms with Crippen molar-refractivity contribution in [2.75, 3.05) is 14.1 Å². The molecule has 154 valence electrons. The van der Waals surface area contributed by atoms with Crippen LogP contribution >= 0.6 is 28.1 Å². The van der Waals surface area contributed by atoms with Crippen molar-refractivity contribution in [2.45, 2.75) is 6.61 Å². The van der Waals surface area contributed by atoms with Crippen molar-refractivity contribution < 1.29 is 19.2 Å². The number of non-ortho nitro benzene ring substituents is 1. The number of nitro groups is 1. The van der Waals surface area contributed by atoms with E-state index in [1.54, 1.807) is 30.3 Å². The number of carbonyl (C=O) groups is 2. The Kier molecular flexibility index (Phi) is 6.28. The lowest BCUT2D eigenvalue weighted by Gasteiger charge is -2.31. The van der Waals surface area contributed by atoms with Gasteiger partial charge in [0.05, 0.1) is 4.92 Å². The van der Waals surface area contributed by atoms with Crippen molar-refractivity contribution in [1.82, 2.24) is 9.80 Å². The Morgan fingerprint density at radius 3 is 2.43 bits per heavy atom. The highest BCUT2D eigenvalue weighted by molar-refractivity contribution is 9.10. The molecule has 1 saturated heterocycles. The molecule has 1 heterocycles. The number of halogens is 1. The van der Waals surface area contributed by atoms with Crippen LogP contribution in [0.3, 0.4) is 0 Å². The molecule has 1 fully saturated rings. The van der Waals surface area contributed by atoms with E-state index in [9.17, 15) is 19.7 Å². The maximum atomic E-state index is 12.6. The summed E-state index contributed by atoms with van der Waals surface area (Å²) in [6.45, 7) is 0.0747. The number of ether oxygens (including phenoxy) is 1. The Bertz CT molecular complexity index is 1080. The lowest BCUT2D eigenvalue weighted by molar-refractivity contribution is -0.384. The molecule has 10 heteroatoms. The second-order valence-electron chi connectivity index (χ2n) is 6.47.